The number of fused-ring (bicyclic) bond motifs is 1. The molecule has 5 heteroatoms. The quantitative estimate of drug-likeness (QED) is 0.793. The summed E-state index contributed by atoms with van der Waals surface area (Å²) in [4.78, 5) is 29.4. The fourth-order valence-corrected chi connectivity index (χ4v) is 4.33. The summed E-state index contributed by atoms with van der Waals surface area (Å²) in [6.07, 6.45) is 2.83. The lowest BCUT2D eigenvalue weighted by Gasteiger charge is -2.36. The average molecular weight is 397 g/mol. The van der Waals surface area contributed by atoms with Gasteiger partial charge in [0, 0.05) is 37.1 Å². The highest BCUT2D eigenvalue weighted by Gasteiger charge is 2.31. The van der Waals surface area contributed by atoms with Gasteiger partial charge in [-0.3, -0.25) is 9.59 Å². The lowest BCUT2D eigenvalue weighted by molar-refractivity contribution is -0.141. The normalized spacial score (nSPS) is 17.3. The molecular formula is C23H25ClN2O2. The number of halogens is 1. The predicted molar refractivity (Wildman–Crippen MR) is 110 cm³/mol. The Balaban J connectivity index is 1.29. The first kappa shape index (κ1) is 19.0. The SMILES string of the molecule is O=C(Cc1ccc(Cl)cc1)N1CCC(C(=O)N2CCc3ccccc3C2)CC1. The number of amides is 2. The van der Waals surface area contributed by atoms with Crippen molar-refractivity contribution in [3.63, 3.8) is 0 Å². The molecule has 0 bridgehead atoms. The highest BCUT2D eigenvalue weighted by Crippen LogP contribution is 2.25. The zero-order chi connectivity index (χ0) is 19.5. The van der Waals surface area contributed by atoms with Crippen LogP contribution < -0.4 is 0 Å². The molecule has 0 N–H and O–H groups in total. The molecule has 2 aliphatic rings. The van der Waals surface area contributed by atoms with E-state index in [1.807, 2.05) is 40.1 Å². The Morgan fingerprint density at radius 1 is 0.893 bits per heavy atom. The van der Waals surface area contributed by atoms with E-state index in [1.54, 1.807) is 0 Å². The van der Waals surface area contributed by atoms with Crippen molar-refractivity contribution < 1.29 is 9.59 Å². The van der Waals surface area contributed by atoms with Crippen molar-refractivity contribution in [2.24, 2.45) is 5.92 Å². The first-order chi connectivity index (χ1) is 13.6. The number of likely N-dealkylation sites (tertiary alicyclic amines) is 1. The smallest absolute Gasteiger partial charge is 0.226 e. The van der Waals surface area contributed by atoms with Gasteiger partial charge in [-0.25, -0.2) is 0 Å². The van der Waals surface area contributed by atoms with Crippen molar-refractivity contribution in [1.29, 1.82) is 0 Å². The minimum Gasteiger partial charge on any atom is -0.342 e. The van der Waals surface area contributed by atoms with Crippen LogP contribution in [-0.2, 0) is 29.0 Å². The van der Waals surface area contributed by atoms with Gasteiger partial charge in [0.05, 0.1) is 6.42 Å². The molecule has 2 amide bonds. The summed E-state index contributed by atoms with van der Waals surface area (Å²) in [5.41, 5.74) is 3.59. The van der Waals surface area contributed by atoms with Crippen molar-refractivity contribution >= 4 is 23.4 Å². The summed E-state index contributed by atoms with van der Waals surface area (Å²) in [5, 5.41) is 0.677. The first-order valence-electron chi connectivity index (χ1n) is 9.98. The molecular weight excluding hydrogens is 372 g/mol. The second-order valence-electron chi connectivity index (χ2n) is 7.74. The Hall–Kier alpha value is -2.33. The minimum absolute atomic E-state index is 0.0323. The number of rotatable bonds is 3. The molecule has 146 valence electrons. The summed E-state index contributed by atoms with van der Waals surface area (Å²) in [6, 6.07) is 15.8. The van der Waals surface area contributed by atoms with E-state index in [2.05, 4.69) is 18.2 Å². The van der Waals surface area contributed by atoms with E-state index in [9.17, 15) is 9.59 Å². The number of piperidine rings is 1. The lowest BCUT2D eigenvalue weighted by Crippen LogP contribution is -2.46. The molecule has 2 aromatic rings. The maximum Gasteiger partial charge on any atom is 0.226 e. The molecule has 1 saturated heterocycles. The van der Waals surface area contributed by atoms with Crippen molar-refractivity contribution in [3.05, 3.63) is 70.2 Å². The zero-order valence-electron chi connectivity index (χ0n) is 15.9. The van der Waals surface area contributed by atoms with Gasteiger partial charge >= 0.3 is 0 Å². The largest absolute Gasteiger partial charge is 0.342 e. The molecule has 0 aliphatic carbocycles. The van der Waals surface area contributed by atoms with E-state index in [4.69, 9.17) is 11.6 Å². The molecule has 4 nitrogen and oxygen atoms in total. The van der Waals surface area contributed by atoms with Crippen molar-refractivity contribution in [1.82, 2.24) is 9.80 Å². The molecule has 0 radical (unpaired) electrons. The van der Waals surface area contributed by atoms with Gasteiger partial charge in [0.2, 0.25) is 11.8 Å². The molecule has 0 aromatic heterocycles. The van der Waals surface area contributed by atoms with Crippen molar-refractivity contribution in [3.8, 4) is 0 Å². The van der Waals surface area contributed by atoms with E-state index < -0.39 is 0 Å². The van der Waals surface area contributed by atoms with Gasteiger partial charge in [0.15, 0.2) is 0 Å². The highest BCUT2D eigenvalue weighted by molar-refractivity contribution is 6.30. The number of nitrogens with zero attached hydrogens (tertiary/aromatic N) is 2. The molecule has 4 rings (SSSR count). The van der Waals surface area contributed by atoms with Crippen molar-refractivity contribution in [2.75, 3.05) is 19.6 Å². The van der Waals surface area contributed by atoms with Crippen LogP contribution in [0.1, 0.15) is 29.5 Å². The van der Waals surface area contributed by atoms with E-state index >= 15 is 0 Å². The summed E-state index contributed by atoms with van der Waals surface area (Å²) < 4.78 is 0. The summed E-state index contributed by atoms with van der Waals surface area (Å²) >= 11 is 5.90. The topological polar surface area (TPSA) is 40.6 Å². The van der Waals surface area contributed by atoms with Gasteiger partial charge in [-0.2, -0.15) is 0 Å². The minimum atomic E-state index is 0.0323. The number of carbonyl (C=O) groups is 2. The Kier molecular flexibility index (Phi) is 5.67. The molecule has 2 aliphatic heterocycles. The number of carbonyl (C=O) groups excluding carboxylic acids is 2. The van der Waals surface area contributed by atoms with Crippen LogP contribution in [0, 0.1) is 5.92 Å². The molecule has 1 fully saturated rings. The van der Waals surface area contributed by atoms with Gasteiger partial charge in [-0.1, -0.05) is 48.0 Å². The van der Waals surface area contributed by atoms with Gasteiger partial charge in [-0.05, 0) is 48.1 Å². The maximum atomic E-state index is 13.0. The van der Waals surface area contributed by atoms with Crippen LogP contribution in [0.25, 0.3) is 0 Å². The second-order valence-corrected chi connectivity index (χ2v) is 8.17. The summed E-state index contributed by atoms with van der Waals surface area (Å²) in [5.74, 6) is 0.407. The monoisotopic (exact) mass is 396 g/mol. The predicted octanol–water partition coefficient (Wildman–Crippen LogP) is 3.71. The Labute approximate surface area is 171 Å². The van der Waals surface area contributed by atoms with Crippen LogP contribution in [0.3, 0.4) is 0 Å². The number of benzene rings is 2. The van der Waals surface area contributed by atoms with Crippen LogP contribution in [0.4, 0.5) is 0 Å². The number of hydrogen-bond donors (Lipinski definition) is 0. The standard InChI is InChI=1S/C23H25ClN2O2/c24-21-7-5-17(6-8-21)15-22(27)25-12-10-19(11-13-25)23(28)26-14-9-18-3-1-2-4-20(18)16-26/h1-8,19H,9-16H2. The fourth-order valence-electron chi connectivity index (χ4n) is 4.21. The van der Waals surface area contributed by atoms with Crippen LogP contribution in [0.5, 0.6) is 0 Å². The van der Waals surface area contributed by atoms with Gasteiger partial charge in [0.1, 0.15) is 0 Å². The molecule has 0 unspecified atom stereocenters. The number of hydrogen-bond acceptors (Lipinski definition) is 2. The first-order valence-corrected chi connectivity index (χ1v) is 10.4. The molecule has 2 aromatic carbocycles. The van der Waals surface area contributed by atoms with Crippen LogP contribution in [0.15, 0.2) is 48.5 Å². The highest BCUT2D eigenvalue weighted by atomic mass is 35.5. The molecule has 0 spiro atoms. The maximum absolute atomic E-state index is 13.0. The third-order valence-corrected chi connectivity index (χ3v) is 6.16. The third kappa shape index (κ3) is 4.22. The lowest BCUT2D eigenvalue weighted by atomic mass is 9.92. The zero-order valence-corrected chi connectivity index (χ0v) is 16.7. The van der Waals surface area contributed by atoms with Crippen LogP contribution in [-0.4, -0.2) is 41.2 Å². The molecule has 28 heavy (non-hydrogen) atoms. The fraction of sp³-hybridized carbons (Fsp3) is 0.391. The van der Waals surface area contributed by atoms with Crippen LogP contribution in [0.2, 0.25) is 5.02 Å². The Bertz CT molecular complexity index is 857. The van der Waals surface area contributed by atoms with E-state index in [-0.39, 0.29) is 17.7 Å². The van der Waals surface area contributed by atoms with E-state index in [0.29, 0.717) is 31.1 Å². The Morgan fingerprint density at radius 3 is 2.29 bits per heavy atom. The Morgan fingerprint density at radius 2 is 1.57 bits per heavy atom. The second kappa shape index (κ2) is 8.36. The average Bonchev–Trinajstić information content (AvgIpc) is 2.74. The van der Waals surface area contributed by atoms with Gasteiger partial charge in [-0.15, -0.1) is 0 Å². The van der Waals surface area contributed by atoms with E-state index in [1.165, 1.54) is 11.1 Å². The van der Waals surface area contributed by atoms with Gasteiger partial charge in [0.25, 0.3) is 0 Å². The molecule has 0 saturated carbocycles. The summed E-state index contributed by atoms with van der Waals surface area (Å²) in [6.45, 7) is 2.83. The van der Waals surface area contributed by atoms with Crippen LogP contribution >= 0.6 is 11.6 Å². The van der Waals surface area contributed by atoms with Gasteiger partial charge < -0.3 is 9.80 Å². The van der Waals surface area contributed by atoms with Crippen molar-refractivity contribution in [2.45, 2.75) is 32.2 Å². The van der Waals surface area contributed by atoms with E-state index in [0.717, 1.165) is 31.4 Å². The summed E-state index contributed by atoms with van der Waals surface area (Å²) in [7, 11) is 0. The third-order valence-electron chi connectivity index (χ3n) is 5.91. The molecule has 0 atom stereocenters. The molecule has 2 heterocycles.